The Bertz CT molecular complexity index is 219. The van der Waals surface area contributed by atoms with Crippen LogP contribution in [-0.2, 0) is 4.74 Å². The van der Waals surface area contributed by atoms with Crippen LogP contribution in [-0.4, -0.2) is 18.5 Å². The second kappa shape index (κ2) is 9.50. The Morgan fingerprint density at radius 2 is 1.93 bits per heavy atom. The van der Waals surface area contributed by atoms with E-state index in [1.807, 2.05) is 19.1 Å². The molecule has 86 valence electrons. The number of hydrogen-bond acceptors (Lipinski definition) is 2. The summed E-state index contributed by atoms with van der Waals surface area (Å²) >= 11 is 0. The summed E-state index contributed by atoms with van der Waals surface area (Å²) in [7, 11) is 0. The first-order valence-corrected chi connectivity index (χ1v) is 5.76. The molecule has 15 heavy (non-hydrogen) atoms. The van der Waals surface area contributed by atoms with Crippen molar-refractivity contribution < 1.29 is 4.74 Å². The highest BCUT2D eigenvalue weighted by atomic mass is 16.5. The van der Waals surface area contributed by atoms with Crippen LogP contribution in [0.4, 0.5) is 0 Å². The van der Waals surface area contributed by atoms with Crippen molar-refractivity contribution in [2.24, 2.45) is 4.99 Å². The molecular formula is C13H23NO. The van der Waals surface area contributed by atoms with E-state index in [4.69, 9.17) is 4.74 Å². The number of nitrogens with zero attached hydrogens (tertiary/aromatic N) is 1. The van der Waals surface area contributed by atoms with E-state index in [2.05, 4.69) is 37.9 Å². The molecule has 0 amide bonds. The van der Waals surface area contributed by atoms with Gasteiger partial charge < -0.3 is 4.74 Å². The molecule has 0 radical (unpaired) electrons. The first kappa shape index (κ1) is 13.9. The van der Waals surface area contributed by atoms with E-state index in [9.17, 15) is 0 Å². The summed E-state index contributed by atoms with van der Waals surface area (Å²) in [6.07, 6.45) is 12.2. The quantitative estimate of drug-likeness (QED) is 0.649. The summed E-state index contributed by atoms with van der Waals surface area (Å²) in [5.74, 6) is 0. The number of rotatable bonds is 3. The van der Waals surface area contributed by atoms with Crippen LogP contribution >= 0.6 is 0 Å². The highest BCUT2D eigenvalue weighted by Crippen LogP contribution is 2.12. The molecule has 2 atom stereocenters. The van der Waals surface area contributed by atoms with Crippen LogP contribution in [0.2, 0.25) is 0 Å². The lowest BCUT2D eigenvalue weighted by Gasteiger charge is -2.08. The topological polar surface area (TPSA) is 21.6 Å². The van der Waals surface area contributed by atoms with Crippen LogP contribution in [0.15, 0.2) is 29.3 Å². The van der Waals surface area contributed by atoms with E-state index in [1.165, 1.54) is 12.8 Å². The average molecular weight is 209 g/mol. The minimum absolute atomic E-state index is 0.112. The van der Waals surface area contributed by atoms with E-state index in [-0.39, 0.29) is 12.1 Å². The molecule has 2 heteroatoms. The molecule has 0 fully saturated rings. The Balaban J connectivity index is 0.000000583. The fourth-order valence-corrected chi connectivity index (χ4v) is 1.13. The molecule has 2 nitrogen and oxygen atoms in total. The Labute approximate surface area is 93.7 Å². The van der Waals surface area contributed by atoms with Crippen LogP contribution in [0.3, 0.4) is 0 Å². The molecule has 0 saturated heterocycles. The van der Waals surface area contributed by atoms with Crippen molar-refractivity contribution >= 4 is 6.40 Å². The zero-order valence-corrected chi connectivity index (χ0v) is 10.3. The van der Waals surface area contributed by atoms with Gasteiger partial charge in [-0.3, -0.25) is 0 Å². The number of hydrogen-bond donors (Lipinski definition) is 0. The third-order valence-corrected chi connectivity index (χ3v) is 1.74. The third-order valence-electron chi connectivity index (χ3n) is 1.74. The van der Waals surface area contributed by atoms with Crippen LogP contribution in [0.25, 0.3) is 0 Å². The maximum absolute atomic E-state index is 5.29. The van der Waals surface area contributed by atoms with Crippen molar-refractivity contribution in [3.8, 4) is 0 Å². The molecule has 0 saturated carbocycles. The Morgan fingerprint density at radius 3 is 2.47 bits per heavy atom. The lowest BCUT2D eigenvalue weighted by atomic mass is 10.1. The monoisotopic (exact) mass is 209 g/mol. The van der Waals surface area contributed by atoms with E-state index in [1.54, 1.807) is 0 Å². The molecule has 1 heterocycles. The maximum atomic E-state index is 5.29. The molecule has 0 aromatic rings. The predicted octanol–water partition coefficient (Wildman–Crippen LogP) is 3.74. The zero-order chi connectivity index (χ0) is 11.5. The Kier molecular flexibility index (Phi) is 8.84. The molecule has 1 rings (SSSR count). The number of ether oxygens (including phenoxy) is 1. The van der Waals surface area contributed by atoms with Gasteiger partial charge >= 0.3 is 0 Å². The van der Waals surface area contributed by atoms with Gasteiger partial charge in [0.05, 0.1) is 0 Å². The molecule has 0 aliphatic carbocycles. The highest BCUT2D eigenvalue weighted by molar-refractivity contribution is 5.51. The molecule has 1 aliphatic rings. The molecule has 2 unspecified atom stereocenters. The molecular weight excluding hydrogens is 186 g/mol. The molecule has 0 spiro atoms. The first-order chi connectivity index (χ1) is 7.29. The molecule has 0 aromatic carbocycles. The fraction of sp³-hybridized carbons (Fsp3) is 0.615. The fourth-order valence-electron chi connectivity index (χ4n) is 1.13. The lowest BCUT2D eigenvalue weighted by Crippen LogP contribution is -2.16. The summed E-state index contributed by atoms with van der Waals surface area (Å²) in [5, 5.41) is 0. The SMILES string of the molecule is C/C=C\C1N=COC1/C=C\CC.CCC. The summed E-state index contributed by atoms with van der Waals surface area (Å²) in [6.45, 7) is 8.35. The second-order valence-electron chi connectivity index (χ2n) is 3.42. The highest BCUT2D eigenvalue weighted by Gasteiger charge is 2.19. The van der Waals surface area contributed by atoms with Gasteiger partial charge in [0.25, 0.3) is 0 Å². The van der Waals surface area contributed by atoms with E-state index < -0.39 is 0 Å². The van der Waals surface area contributed by atoms with Crippen LogP contribution in [0, 0.1) is 0 Å². The van der Waals surface area contributed by atoms with Gasteiger partial charge in [0.1, 0.15) is 12.1 Å². The van der Waals surface area contributed by atoms with Crippen LogP contribution in [0.5, 0.6) is 0 Å². The summed E-state index contributed by atoms with van der Waals surface area (Å²) in [5.41, 5.74) is 0. The van der Waals surface area contributed by atoms with Gasteiger partial charge in [-0.15, -0.1) is 0 Å². The first-order valence-electron chi connectivity index (χ1n) is 5.76. The van der Waals surface area contributed by atoms with Gasteiger partial charge in [-0.05, 0) is 19.4 Å². The minimum atomic E-state index is 0.112. The largest absolute Gasteiger partial charge is 0.474 e. The van der Waals surface area contributed by atoms with Gasteiger partial charge in [-0.25, -0.2) is 4.99 Å². The predicted molar refractivity (Wildman–Crippen MR) is 67.4 cm³/mol. The van der Waals surface area contributed by atoms with Gasteiger partial charge in [-0.1, -0.05) is 45.4 Å². The molecule has 0 bridgehead atoms. The van der Waals surface area contributed by atoms with Crippen molar-refractivity contribution in [2.45, 2.75) is 52.7 Å². The average Bonchev–Trinajstić information content (AvgIpc) is 2.64. The van der Waals surface area contributed by atoms with Gasteiger partial charge in [0.2, 0.25) is 0 Å². The Hall–Kier alpha value is -1.05. The van der Waals surface area contributed by atoms with Crippen molar-refractivity contribution in [1.82, 2.24) is 0 Å². The molecule has 1 aliphatic heterocycles. The van der Waals surface area contributed by atoms with E-state index >= 15 is 0 Å². The smallest absolute Gasteiger partial charge is 0.171 e. The van der Waals surface area contributed by atoms with Crippen LogP contribution in [0.1, 0.15) is 40.5 Å². The maximum Gasteiger partial charge on any atom is 0.171 e. The Morgan fingerprint density at radius 1 is 1.27 bits per heavy atom. The van der Waals surface area contributed by atoms with Crippen molar-refractivity contribution in [3.05, 3.63) is 24.3 Å². The van der Waals surface area contributed by atoms with Gasteiger partial charge in [0, 0.05) is 0 Å². The van der Waals surface area contributed by atoms with Crippen molar-refractivity contribution in [1.29, 1.82) is 0 Å². The van der Waals surface area contributed by atoms with Crippen LogP contribution < -0.4 is 0 Å². The molecule has 0 N–H and O–H groups in total. The standard InChI is InChI=1S/C10H15NO.C3H8/c1-3-5-7-10-9(6-4-2)11-8-12-10;1-3-2/h4-10H,3H2,1-2H3;3H2,1-2H3/b6-4-,7-5-;. The lowest BCUT2D eigenvalue weighted by molar-refractivity contribution is 0.265. The second-order valence-corrected chi connectivity index (χ2v) is 3.42. The van der Waals surface area contributed by atoms with Crippen molar-refractivity contribution in [2.75, 3.05) is 0 Å². The summed E-state index contributed by atoms with van der Waals surface area (Å²) < 4.78 is 5.29. The molecule has 0 aromatic heterocycles. The summed E-state index contributed by atoms with van der Waals surface area (Å²) in [6, 6.07) is 0.179. The summed E-state index contributed by atoms with van der Waals surface area (Å²) in [4.78, 5) is 4.17. The van der Waals surface area contributed by atoms with E-state index in [0.717, 1.165) is 6.42 Å². The number of allylic oxidation sites excluding steroid dienone is 2. The van der Waals surface area contributed by atoms with Crippen molar-refractivity contribution in [3.63, 3.8) is 0 Å². The normalized spacial score (nSPS) is 24.3. The van der Waals surface area contributed by atoms with E-state index in [0.29, 0.717) is 0 Å². The van der Waals surface area contributed by atoms with Gasteiger partial charge in [0.15, 0.2) is 6.40 Å². The minimum Gasteiger partial charge on any atom is -0.474 e. The third kappa shape index (κ3) is 6.10. The van der Waals surface area contributed by atoms with Gasteiger partial charge in [-0.2, -0.15) is 0 Å². The zero-order valence-electron chi connectivity index (χ0n) is 10.3. The number of aliphatic imine (C=N–C) groups is 1.